The first-order valence-electron chi connectivity index (χ1n) is 10.2. The highest BCUT2D eigenvalue weighted by Gasteiger charge is 2.24. The van der Waals surface area contributed by atoms with Gasteiger partial charge in [0, 0.05) is 19.2 Å². The van der Waals surface area contributed by atoms with Crippen molar-refractivity contribution in [2.24, 2.45) is 0 Å². The van der Waals surface area contributed by atoms with Crippen LogP contribution in [0.2, 0.25) is 0 Å². The Morgan fingerprint density at radius 2 is 1.81 bits per heavy atom. The van der Waals surface area contributed by atoms with Crippen molar-refractivity contribution in [3.63, 3.8) is 0 Å². The Hall–Kier alpha value is -3.30. The molecule has 1 aromatic heterocycles. The molecule has 0 aliphatic heterocycles. The topological polar surface area (TPSA) is 107 Å². The number of H-pyrrole nitrogens is 1. The summed E-state index contributed by atoms with van der Waals surface area (Å²) < 4.78 is 32.0. The largest absolute Gasteiger partial charge is 0.390 e. The molecule has 1 heterocycles. The van der Waals surface area contributed by atoms with Gasteiger partial charge in [0.25, 0.3) is 11.5 Å². The van der Waals surface area contributed by atoms with E-state index in [2.05, 4.69) is 23.6 Å². The van der Waals surface area contributed by atoms with Crippen LogP contribution in [0, 0.1) is 11.6 Å². The minimum absolute atomic E-state index is 0.0385. The number of aryl methyl sites for hydroxylation is 1. The van der Waals surface area contributed by atoms with Crippen molar-refractivity contribution in [2.75, 3.05) is 6.54 Å². The number of aromatic nitrogens is 1. The maximum Gasteiger partial charge on any atom is 0.290 e. The van der Waals surface area contributed by atoms with Gasteiger partial charge in [0.15, 0.2) is 0 Å². The summed E-state index contributed by atoms with van der Waals surface area (Å²) in [5, 5.41) is 18.4. The van der Waals surface area contributed by atoms with Crippen LogP contribution in [0.4, 0.5) is 8.78 Å². The van der Waals surface area contributed by atoms with Gasteiger partial charge in [0.2, 0.25) is 5.76 Å². The van der Waals surface area contributed by atoms with Crippen LogP contribution in [0.5, 0.6) is 0 Å². The molecule has 32 heavy (non-hydrogen) atoms. The van der Waals surface area contributed by atoms with Crippen LogP contribution in [0.3, 0.4) is 0 Å². The molecule has 2 aromatic carbocycles. The van der Waals surface area contributed by atoms with Crippen molar-refractivity contribution in [1.82, 2.24) is 15.8 Å². The van der Waals surface area contributed by atoms with Gasteiger partial charge in [-0.25, -0.2) is 8.78 Å². The fraction of sp³-hybridized carbons (Fsp3) is 0.304. The average molecular weight is 445 g/mol. The number of benzene rings is 2. The smallest absolute Gasteiger partial charge is 0.290 e. The second kappa shape index (κ2) is 10.8. The third-order valence-electron chi connectivity index (χ3n) is 4.99. The molecular formula is C23H25F2N3O4. The third kappa shape index (κ3) is 6.60. The fourth-order valence-electron chi connectivity index (χ4n) is 3.37. The lowest BCUT2D eigenvalue weighted by molar-refractivity contribution is 0.0796. The molecule has 0 spiro atoms. The van der Waals surface area contributed by atoms with E-state index in [-0.39, 0.29) is 24.3 Å². The number of hydrogen-bond donors (Lipinski definition) is 4. The van der Waals surface area contributed by atoms with E-state index in [1.807, 2.05) is 23.4 Å². The average Bonchev–Trinajstić information content (AvgIpc) is 3.19. The summed E-state index contributed by atoms with van der Waals surface area (Å²) in [5.41, 5.74) is 1.91. The van der Waals surface area contributed by atoms with Crippen LogP contribution in [-0.2, 0) is 19.4 Å². The molecule has 0 aliphatic rings. The molecule has 4 N–H and O–H groups in total. The molecule has 9 heteroatoms. The number of nitrogens with one attached hydrogen (secondary N) is 3. The number of carbonyl (C=O) groups is 1. The zero-order chi connectivity index (χ0) is 23.1. The van der Waals surface area contributed by atoms with Gasteiger partial charge in [-0.15, -0.1) is 0 Å². The van der Waals surface area contributed by atoms with E-state index in [9.17, 15) is 23.5 Å². The molecule has 3 aromatic rings. The molecule has 0 saturated carbocycles. The highest BCUT2D eigenvalue weighted by molar-refractivity contribution is 5.91. The summed E-state index contributed by atoms with van der Waals surface area (Å²) in [5.74, 6) is -2.52. The van der Waals surface area contributed by atoms with Crippen molar-refractivity contribution in [2.45, 2.75) is 38.5 Å². The third-order valence-corrected chi connectivity index (χ3v) is 4.99. The molecule has 0 bridgehead atoms. The van der Waals surface area contributed by atoms with Crippen LogP contribution < -0.4 is 16.2 Å². The summed E-state index contributed by atoms with van der Waals surface area (Å²) in [6, 6.07) is 11.1. The first-order valence-corrected chi connectivity index (χ1v) is 10.2. The van der Waals surface area contributed by atoms with Crippen LogP contribution in [0.1, 0.15) is 34.2 Å². The molecule has 3 rings (SSSR count). The minimum Gasteiger partial charge on any atom is -0.390 e. The maximum atomic E-state index is 13.6. The SMILES string of the molecule is CCc1cccc(CNCC(O)C(Cc2cc(F)cc(F)c2)NC(=O)c2cc(=O)[nH]o2)c1. The summed E-state index contributed by atoms with van der Waals surface area (Å²) in [6.45, 7) is 2.66. The predicted octanol–water partition coefficient (Wildman–Crippen LogP) is 2.30. The lowest BCUT2D eigenvalue weighted by Crippen LogP contribution is -2.48. The lowest BCUT2D eigenvalue weighted by Gasteiger charge is -2.24. The van der Waals surface area contributed by atoms with E-state index < -0.39 is 35.2 Å². The Bertz CT molecular complexity index is 1090. The van der Waals surface area contributed by atoms with E-state index in [0.717, 1.165) is 36.2 Å². The van der Waals surface area contributed by atoms with E-state index in [4.69, 9.17) is 4.52 Å². The molecule has 2 atom stereocenters. The Balaban J connectivity index is 1.69. The van der Waals surface area contributed by atoms with Gasteiger partial charge in [-0.3, -0.25) is 9.59 Å². The Morgan fingerprint density at radius 3 is 2.47 bits per heavy atom. The predicted molar refractivity (Wildman–Crippen MR) is 114 cm³/mol. The van der Waals surface area contributed by atoms with Crippen LogP contribution in [0.15, 0.2) is 57.8 Å². The molecule has 0 saturated heterocycles. The van der Waals surface area contributed by atoms with Gasteiger partial charge in [0.1, 0.15) is 11.6 Å². The van der Waals surface area contributed by atoms with Crippen molar-refractivity contribution >= 4 is 5.91 Å². The number of halogens is 2. The quantitative estimate of drug-likeness (QED) is 0.383. The van der Waals surface area contributed by atoms with Gasteiger partial charge < -0.3 is 20.3 Å². The molecule has 0 radical (unpaired) electrons. The van der Waals surface area contributed by atoms with E-state index in [0.29, 0.717) is 6.54 Å². The molecule has 1 amide bonds. The number of aliphatic hydroxyl groups is 1. The highest BCUT2D eigenvalue weighted by Crippen LogP contribution is 2.13. The first kappa shape index (κ1) is 23.4. The Morgan fingerprint density at radius 1 is 1.09 bits per heavy atom. The lowest BCUT2D eigenvalue weighted by atomic mass is 10.00. The standard InChI is InChI=1S/C23H25F2N3O4/c1-2-14-4-3-5-15(6-14)12-26-13-20(29)19(9-16-7-17(24)10-18(25)8-16)27-23(31)21-11-22(30)28-32-21/h3-8,10-11,19-20,26,29H,2,9,12-13H2,1H3,(H,27,31)(H,28,30). The van der Waals surface area contributed by atoms with Crippen molar-refractivity contribution in [1.29, 1.82) is 0 Å². The van der Waals surface area contributed by atoms with Crippen LogP contribution in [-0.4, -0.2) is 34.9 Å². The van der Waals surface area contributed by atoms with Gasteiger partial charge in [-0.05, 0) is 41.7 Å². The van der Waals surface area contributed by atoms with Crippen molar-refractivity contribution in [3.8, 4) is 0 Å². The second-order valence-electron chi connectivity index (χ2n) is 7.51. The van der Waals surface area contributed by atoms with E-state index in [1.54, 1.807) is 0 Å². The molecule has 0 aliphatic carbocycles. The number of hydrogen-bond acceptors (Lipinski definition) is 5. The number of rotatable bonds is 10. The Labute approximate surface area is 183 Å². The first-order chi connectivity index (χ1) is 15.3. The fourth-order valence-corrected chi connectivity index (χ4v) is 3.37. The zero-order valence-corrected chi connectivity index (χ0v) is 17.5. The number of aromatic amines is 1. The zero-order valence-electron chi connectivity index (χ0n) is 17.5. The van der Waals surface area contributed by atoms with Crippen molar-refractivity contribution < 1.29 is 23.2 Å². The minimum atomic E-state index is -1.09. The summed E-state index contributed by atoms with van der Waals surface area (Å²) in [6.07, 6.45) is -0.224. The molecule has 2 unspecified atom stereocenters. The highest BCUT2D eigenvalue weighted by atomic mass is 19.1. The number of aliphatic hydroxyl groups excluding tert-OH is 1. The number of amides is 1. The normalized spacial score (nSPS) is 13.0. The molecule has 7 nitrogen and oxygen atoms in total. The number of carbonyl (C=O) groups excluding carboxylic acids is 1. The monoisotopic (exact) mass is 445 g/mol. The van der Waals surface area contributed by atoms with Crippen molar-refractivity contribution in [3.05, 3.63) is 93.0 Å². The van der Waals surface area contributed by atoms with Crippen LogP contribution >= 0.6 is 0 Å². The molecular weight excluding hydrogens is 420 g/mol. The van der Waals surface area contributed by atoms with Gasteiger partial charge in [-0.1, -0.05) is 31.2 Å². The molecule has 170 valence electrons. The van der Waals surface area contributed by atoms with Gasteiger partial charge >= 0.3 is 0 Å². The molecule has 0 fully saturated rings. The second-order valence-corrected chi connectivity index (χ2v) is 7.51. The summed E-state index contributed by atoms with van der Waals surface area (Å²) >= 11 is 0. The van der Waals surface area contributed by atoms with Gasteiger partial charge in [0.05, 0.1) is 18.2 Å². The van der Waals surface area contributed by atoms with E-state index >= 15 is 0 Å². The van der Waals surface area contributed by atoms with E-state index in [1.165, 1.54) is 5.56 Å². The van der Waals surface area contributed by atoms with Crippen LogP contribution in [0.25, 0.3) is 0 Å². The maximum absolute atomic E-state index is 13.6. The summed E-state index contributed by atoms with van der Waals surface area (Å²) in [7, 11) is 0. The Kier molecular flexibility index (Phi) is 7.91. The van der Waals surface area contributed by atoms with Gasteiger partial charge in [-0.2, -0.15) is 5.16 Å². The summed E-state index contributed by atoms with van der Waals surface area (Å²) in [4.78, 5) is 23.6.